The van der Waals surface area contributed by atoms with Gasteiger partial charge in [-0.25, -0.2) is 4.39 Å². The van der Waals surface area contributed by atoms with E-state index in [-0.39, 0.29) is 10.8 Å². The molecular weight excluding hydrogens is 167 g/mol. The van der Waals surface area contributed by atoms with E-state index < -0.39 is 6.10 Å². The van der Waals surface area contributed by atoms with Crippen molar-refractivity contribution in [1.82, 2.24) is 0 Å². The quantitative estimate of drug-likeness (QED) is 0.694. The van der Waals surface area contributed by atoms with Gasteiger partial charge in [-0.1, -0.05) is 17.7 Å². The number of aliphatic hydroxyl groups is 1. The Labute approximate surface area is 69.4 Å². The third kappa shape index (κ3) is 1.91. The lowest BCUT2D eigenvalue weighted by Crippen LogP contribution is -1.92. The second kappa shape index (κ2) is 3.20. The first kappa shape index (κ1) is 8.50. The van der Waals surface area contributed by atoms with Crippen molar-refractivity contribution in [2.75, 3.05) is 0 Å². The fourth-order valence-corrected chi connectivity index (χ4v) is 1.17. The molecule has 0 bridgehead atoms. The van der Waals surface area contributed by atoms with Crippen LogP contribution in [0.2, 0.25) is 5.02 Å². The van der Waals surface area contributed by atoms with Crippen LogP contribution < -0.4 is 0 Å². The van der Waals surface area contributed by atoms with Crippen LogP contribution in [0.25, 0.3) is 0 Å². The third-order valence-electron chi connectivity index (χ3n) is 1.41. The van der Waals surface area contributed by atoms with Crippen molar-refractivity contribution in [2.24, 2.45) is 0 Å². The normalized spacial score (nSPS) is 13.1. The minimum absolute atomic E-state index is 0.264. The average molecular weight is 175 g/mol. The molecule has 0 heterocycles. The Morgan fingerprint density at radius 3 is 2.64 bits per heavy atom. The van der Waals surface area contributed by atoms with Crippen LogP contribution in [0.15, 0.2) is 18.2 Å². The number of benzene rings is 1. The van der Waals surface area contributed by atoms with Gasteiger partial charge in [-0.15, -0.1) is 0 Å². The van der Waals surface area contributed by atoms with E-state index in [9.17, 15) is 4.39 Å². The first-order valence-electron chi connectivity index (χ1n) is 3.24. The maximum Gasteiger partial charge on any atom is 0.124 e. The SMILES string of the molecule is C[C@@H](O)c1ccc(F)cc1Cl. The van der Waals surface area contributed by atoms with Crippen molar-refractivity contribution in [1.29, 1.82) is 0 Å². The molecule has 0 amide bonds. The number of halogens is 2. The molecule has 0 saturated heterocycles. The molecule has 3 heteroatoms. The highest BCUT2D eigenvalue weighted by Crippen LogP contribution is 2.22. The van der Waals surface area contributed by atoms with Crippen molar-refractivity contribution < 1.29 is 9.50 Å². The van der Waals surface area contributed by atoms with E-state index in [1.165, 1.54) is 18.2 Å². The first-order chi connectivity index (χ1) is 5.11. The van der Waals surface area contributed by atoms with E-state index in [4.69, 9.17) is 16.7 Å². The minimum atomic E-state index is -0.650. The summed E-state index contributed by atoms with van der Waals surface area (Å²) in [5.74, 6) is -0.389. The molecule has 0 saturated carbocycles. The zero-order valence-corrected chi connectivity index (χ0v) is 6.77. The van der Waals surface area contributed by atoms with Crippen LogP contribution in [-0.2, 0) is 0 Å². The molecule has 0 radical (unpaired) electrons. The maximum atomic E-state index is 12.4. The summed E-state index contributed by atoms with van der Waals surface area (Å²) in [5, 5.41) is 9.35. The molecule has 1 atom stereocenters. The van der Waals surface area contributed by atoms with Crippen LogP contribution in [-0.4, -0.2) is 5.11 Å². The summed E-state index contributed by atoms with van der Waals surface area (Å²) in [5.41, 5.74) is 0.549. The van der Waals surface area contributed by atoms with Crippen LogP contribution in [0.4, 0.5) is 4.39 Å². The van der Waals surface area contributed by atoms with E-state index in [2.05, 4.69) is 0 Å². The molecule has 0 spiro atoms. The highest BCUT2D eigenvalue weighted by atomic mass is 35.5. The topological polar surface area (TPSA) is 20.2 Å². The Bertz CT molecular complexity index is 260. The van der Waals surface area contributed by atoms with Crippen LogP contribution in [0.1, 0.15) is 18.6 Å². The van der Waals surface area contributed by atoms with Gasteiger partial charge in [0.25, 0.3) is 0 Å². The molecule has 0 unspecified atom stereocenters. The van der Waals surface area contributed by atoms with Gasteiger partial charge < -0.3 is 5.11 Å². The van der Waals surface area contributed by atoms with Gasteiger partial charge in [0, 0.05) is 5.02 Å². The van der Waals surface area contributed by atoms with Gasteiger partial charge in [0.1, 0.15) is 5.82 Å². The minimum Gasteiger partial charge on any atom is -0.389 e. The molecule has 0 aliphatic carbocycles. The van der Waals surface area contributed by atoms with Crippen LogP contribution in [0.5, 0.6) is 0 Å². The summed E-state index contributed by atoms with van der Waals surface area (Å²) >= 11 is 5.62. The molecule has 1 aromatic rings. The standard InChI is InChI=1S/C8H8ClFO/c1-5(11)7-3-2-6(10)4-8(7)9/h2-5,11H,1H3/t5-/m1/s1. The summed E-state index contributed by atoms with van der Waals surface area (Å²) < 4.78 is 12.4. The molecule has 1 nitrogen and oxygen atoms in total. The first-order valence-corrected chi connectivity index (χ1v) is 3.62. The van der Waals surface area contributed by atoms with Crippen LogP contribution in [0, 0.1) is 5.82 Å². The second-order valence-electron chi connectivity index (χ2n) is 2.34. The van der Waals surface area contributed by atoms with E-state index in [0.717, 1.165) is 0 Å². The molecule has 1 rings (SSSR count). The molecule has 0 aliphatic heterocycles. The zero-order valence-electron chi connectivity index (χ0n) is 6.01. The van der Waals surface area contributed by atoms with Crippen molar-refractivity contribution in [3.05, 3.63) is 34.6 Å². The van der Waals surface area contributed by atoms with Gasteiger partial charge in [-0.05, 0) is 24.6 Å². The fraction of sp³-hybridized carbons (Fsp3) is 0.250. The van der Waals surface area contributed by atoms with Crippen molar-refractivity contribution >= 4 is 11.6 Å². The summed E-state index contributed by atoms with van der Waals surface area (Å²) in [6.45, 7) is 1.58. The molecule has 0 aliphatic rings. The second-order valence-corrected chi connectivity index (χ2v) is 2.75. The summed E-state index contributed by atoms with van der Waals surface area (Å²) in [6.07, 6.45) is -0.650. The Balaban J connectivity index is 3.09. The lowest BCUT2D eigenvalue weighted by atomic mass is 10.1. The van der Waals surface area contributed by atoms with E-state index in [1.807, 2.05) is 0 Å². The van der Waals surface area contributed by atoms with Gasteiger partial charge >= 0.3 is 0 Å². The van der Waals surface area contributed by atoms with Gasteiger partial charge in [-0.2, -0.15) is 0 Å². The van der Waals surface area contributed by atoms with Crippen molar-refractivity contribution in [3.8, 4) is 0 Å². The Morgan fingerprint density at radius 1 is 1.55 bits per heavy atom. The van der Waals surface area contributed by atoms with Crippen molar-refractivity contribution in [3.63, 3.8) is 0 Å². The molecule has 0 fully saturated rings. The van der Waals surface area contributed by atoms with Gasteiger partial charge in [0.15, 0.2) is 0 Å². The number of aliphatic hydroxyl groups excluding tert-OH is 1. The van der Waals surface area contributed by atoms with E-state index >= 15 is 0 Å². The summed E-state index contributed by atoms with van der Waals surface area (Å²) in [7, 11) is 0. The predicted octanol–water partition coefficient (Wildman–Crippen LogP) is 2.53. The van der Waals surface area contributed by atoms with Gasteiger partial charge in [0.05, 0.1) is 6.10 Å². The van der Waals surface area contributed by atoms with Gasteiger partial charge in [-0.3, -0.25) is 0 Å². The molecule has 1 N–H and O–H groups in total. The lowest BCUT2D eigenvalue weighted by molar-refractivity contribution is 0.199. The highest BCUT2D eigenvalue weighted by molar-refractivity contribution is 6.31. The largest absolute Gasteiger partial charge is 0.389 e. The smallest absolute Gasteiger partial charge is 0.124 e. The highest BCUT2D eigenvalue weighted by Gasteiger charge is 2.05. The molecule has 11 heavy (non-hydrogen) atoms. The molecule has 60 valence electrons. The Morgan fingerprint density at radius 2 is 2.18 bits per heavy atom. The maximum absolute atomic E-state index is 12.4. The number of hydrogen-bond donors (Lipinski definition) is 1. The Hall–Kier alpha value is -0.600. The summed E-state index contributed by atoms with van der Waals surface area (Å²) in [4.78, 5) is 0. The zero-order chi connectivity index (χ0) is 8.43. The monoisotopic (exact) mass is 174 g/mol. The van der Waals surface area contributed by atoms with Crippen LogP contribution in [0.3, 0.4) is 0 Å². The predicted molar refractivity (Wildman–Crippen MR) is 42.0 cm³/mol. The van der Waals surface area contributed by atoms with E-state index in [1.54, 1.807) is 6.92 Å². The third-order valence-corrected chi connectivity index (χ3v) is 1.74. The average Bonchev–Trinajstić information content (AvgIpc) is 1.85. The van der Waals surface area contributed by atoms with Crippen molar-refractivity contribution in [2.45, 2.75) is 13.0 Å². The molecule has 0 aromatic heterocycles. The molecule has 1 aromatic carbocycles. The summed E-state index contributed by atoms with van der Waals surface area (Å²) in [6, 6.07) is 3.93. The lowest BCUT2D eigenvalue weighted by Gasteiger charge is -2.05. The fourth-order valence-electron chi connectivity index (χ4n) is 0.840. The van der Waals surface area contributed by atoms with Gasteiger partial charge in [0.2, 0.25) is 0 Å². The molecular formula is C8H8ClFO. The number of hydrogen-bond acceptors (Lipinski definition) is 1. The van der Waals surface area contributed by atoms with E-state index in [0.29, 0.717) is 5.56 Å². The van der Waals surface area contributed by atoms with Crippen LogP contribution >= 0.6 is 11.6 Å². The Kier molecular flexibility index (Phi) is 2.47. The number of rotatable bonds is 1.